The molecule has 0 saturated carbocycles. The molecule has 1 aliphatic heterocycles. The average molecular weight is 273 g/mol. The lowest BCUT2D eigenvalue weighted by atomic mass is 9.95. The number of aromatic nitrogens is 1. The van der Waals surface area contributed by atoms with Crippen LogP contribution in [0.3, 0.4) is 0 Å². The first kappa shape index (κ1) is 14.3. The topological polar surface area (TPSA) is 48.3 Å². The minimum absolute atomic E-state index is 0.392. The van der Waals surface area contributed by atoms with Crippen LogP contribution in [0.2, 0.25) is 0 Å². The lowest BCUT2D eigenvalue weighted by Gasteiger charge is -2.06. The third kappa shape index (κ3) is 2.01. The van der Waals surface area contributed by atoms with Gasteiger partial charge in [0.1, 0.15) is 0 Å². The summed E-state index contributed by atoms with van der Waals surface area (Å²) in [5, 5.41) is 0. The second kappa shape index (κ2) is 4.78. The number of esters is 2. The molecule has 1 aliphatic rings. The van der Waals surface area contributed by atoms with Gasteiger partial charge in [-0.1, -0.05) is 5.57 Å². The molecule has 0 aliphatic carbocycles. The number of cyclic esters (lactones) is 2. The van der Waals surface area contributed by atoms with E-state index >= 15 is 0 Å². The molecule has 0 spiro atoms. The molecule has 1 aromatic rings. The standard InChI is InChI=1S/C16H19NO3/c1-8(2)13-14(16(19)20-15(13)18)10(4)12-7-9(3)17(6)11(12)5/h7H,1-6H3. The molecule has 0 bridgehead atoms. The minimum atomic E-state index is -0.551. The Morgan fingerprint density at radius 2 is 1.60 bits per heavy atom. The van der Waals surface area contributed by atoms with Crippen LogP contribution in [0.1, 0.15) is 37.7 Å². The first-order valence-corrected chi connectivity index (χ1v) is 6.54. The van der Waals surface area contributed by atoms with Gasteiger partial charge < -0.3 is 9.30 Å². The normalized spacial score (nSPS) is 17.6. The van der Waals surface area contributed by atoms with Crippen molar-refractivity contribution in [1.29, 1.82) is 0 Å². The predicted octanol–water partition coefficient (Wildman–Crippen LogP) is 2.84. The van der Waals surface area contributed by atoms with Gasteiger partial charge in [-0.15, -0.1) is 0 Å². The van der Waals surface area contributed by atoms with Crippen LogP contribution < -0.4 is 0 Å². The largest absolute Gasteiger partial charge is 0.386 e. The molecule has 106 valence electrons. The van der Waals surface area contributed by atoms with Crippen LogP contribution >= 0.6 is 0 Å². The van der Waals surface area contributed by atoms with Gasteiger partial charge in [0, 0.05) is 18.4 Å². The number of hydrogen-bond acceptors (Lipinski definition) is 3. The summed E-state index contributed by atoms with van der Waals surface area (Å²) >= 11 is 0. The van der Waals surface area contributed by atoms with Crippen molar-refractivity contribution >= 4 is 17.5 Å². The number of allylic oxidation sites excluding steroid dienone is 2. The smallest absolute Gasteiger partial charge is 0.347 e. The predicted molar refractivity (Wildman–Crippen MR) is 77.0 cm³/mol. The van der Waals surface area contributed by atoms with E-state index in [1.807, 2.05) is 47.7 Å². The summed E-state index contributed by atoms with van der Waals surface area (Å²) in [5.41, 5.74) is 5.52. The highest BCUT2D eigenvalue weighted by Crippen LogP contribution is 2.34. The Balaban J connectivity index is 2.73. The summed E-state index contributed by atoms with van der Waals surface area (Å²) in [6, 6.07) is 2.02. The van der Waals surface area contributed by atoms with Crippen LogP contribution in [0.4, 0.5) is 0 Å². The molecular weight excluding hydrogens is 254 g/mol. The van der Waals surface area contributed by atoms with Crippen molar-refractivity contribution in [3.8, 4) is 0 Å². The zero-order valence-corrected chi connectivity index (χ0v) is 12.7. The first-order valence-electron chi connectivity index (χ1n) is 6.54. The molecule has 0 atom stereocenters. The number of ether oxygens (including phenoxy) is 1. The Morgan fingerprint density at radius 1 is 1.05 bits per heavy atom. The fraction of sp³-hybridized carbons (Fsp3) is 0.375. The third-order valence-electron chi connectivity index (χ3n) is 3.90. The van der Waals surface area contributed by atoms with Crippen molar-refractivity contribution in [2.45, 2.75) is 34.6 Å². The molecule has 2 heterocycles. The van der Waals surface area contributed by atoms with Crippen LogP contribution in [0.15, 0.2) is 22.8 Å². The average Bonchev–Trinajstić information content (AvgIpc) is 2.79. The van der Waals surface area contributed by atoms with Crippen LogP contribution in [-0.2, 0) is 21.4 Å². The molecule has 1 fully saturated rings. The SMILES string of the molecule is CC(C)=C1C(=O)OC(=O)C1=C(C)c1cc(C)n(C)c1C. The van der Waals surface area contributed by atoms with Gasteiger partial charge in [-0.25, -0.2) is 9.59 Å². The third-order valence-corrected chi connectivity index (χ3v) is 3.90. The van der Waals surface area contributed by atoms with Gasteiger partial charge in [-0.2, -0.15) is 0 Å². The lowest BCUT2D eigenvalue weighted by molar-refractivity contribution is -0.149. The number of hydrogen-bond donors (Lipinski definition) is 0. The van der Waals surface area contributed by atoms with Crippen molar-refractivity contribution < 1.29 is 14.3 Å². The van der Waals surface area contributed by atoms with Crippen molar-refractivity contribution in [2.75, 3.05) is 0 Å². The van der Waals surface area contributed by atoms with Crippen LogP contribution in [-0.4, -0.2) is 16.5 Å². The van der Waals surface area contributed by atoms with Gasteiger partial charge in [-0.3, -0.25) is 0 Å². The number of carbonyl (C=O) groups excluding carboxylic acids is 2. The molecule has 1 aromatic heterocycles. The highest BCUT2D eigenvalue weighted by atomic mass is 16.6. The van der Waals surface area contributed by atoms with Crippen molar-refractivity contribution in [3.05, 3.63) is 39.7 Å². The number of carbonyl (C=O) groups is 2. The zero-order chi connectivity index (χ0) is 15.2. The molecule has 2 rings (SSSR count). The minimum Gasteiger partial charge on any atom is -0.386 e. The van der Waals surface area contributed by atoms with E-state index in [2.05, 4.69) is 4.57 Å². The van der Waals surface area contributed by atoms with E-state index in [0.717, 1.165) is 28.1 Å². The van der Waals surface area contributed by atoms with Crippen LogP contribution in [0.25, 0.3) is 5.57 Å². The van der Waals surface area contributed by atoms with Crippen LogP contribution in [0.5, 0.6) is 0 Å². The molecule has 20 heavy (non-hydrogen) atoms. The van der Waals surface area contributed by atoms with E-state index in [1.165, 1.54) is 0 Å². The monoisotopic (exact) mass is 273 g/mol. The van der Waals surface area contributed by atoms with Gasteiger partial charge in [0.2, 0.25) is 0 Å². The van der Waals surface area contributed by atoms with Gasteiger partial charge in [0.25, 0.3) is 0 Å². The van der Waals surface area contributed by atoms with E-state index in [1.54, 1.807) is 0 Å². The summed E-state index contributed by atoms with van der Waals surface area (Å²) in [5.74, 6) is -1.10. The maximum Gasteiger partial charge on any atom is 0.347 e. The highest BCUT2D eigenvalue weighted by Gasteiger charge is 2.36. The molecule has 4 nitrogen and oxygen atoms in total. The Kier molecular flexibility index (Phi) is 3.42. The van der Waals surface area contributed by atoms with Crippen LogP contribution in [0, 0.1) is 13.8 Å². The molecule has 0 amide bonds. The molecule has 0 N–H and O–H groups in total. The molecule has 0 radical (unpaired) electrons. The first-order chi connectivity index (χ1) is 9.25. The highest BCUT2D eigenvalue weighted by molar-refractivity contribution is 6.22. The Labute approximate surface area is 118 Å². The number of aryl methyl sites for hydroxylation is 1. The van der Waals surface area contributed by atoms with Gasteiger partial charge in [0.05, 0.1) is 11.1 Å². The van der Waals surface area contributed by atoms with Crippen molar-refractivity contribution in [3.63, 3.8) is 0 Å². The van der Waals surface area contributed by atoms with E-state index < -0.39 is 11.9 Å². The fourth-order valence-electron chi connectivity index (χ4n) is 2.55. The molecule has 1 saturated heterocycles. The maximum atomic E-state index is 12.0. The lowest BCUT2D eigenvalue weighted by Crippen LogP contribution is -2.00. The van der Waals surface area contributed by atoms with Gasteiger partial charge in [-0.05, 0) is 51.8 Å². The maximum absolute atomic E-state index is 12.0. The number of rotatable bonds is 1. The molecular formula is C16H19NO3. The molecule has 0 unspecified atom stereocenters. The zero-order valence-electron chi connectivity index (χ0n) is 12.7. The molecule has 0 aromatic carbocycles. The van der Waals surface area contributed by atoms with Crippen molar-refractivity contribution in [2.24, 2.45) is 7.05 Å². The van der Waals surface area contributed by atoms with Crippen molar-refractivity contribution in [1.82, 2.24) is 4.57 Å². The summed E-state index contributed by atoms with van der Waals surface area (Å²) in [6.07, 6.45) is 0. The van der Waals surface area contributed by atoms with Gasteiger partial charge >= 0.3 is 11.9 Å². The molecule has 4 heteroatoms. The van der Waals surface area contributed by atoms with E-state index in [-0.39, 0.29) is 0 Å². The Bertz CT molecular complexity index is 683. The summed E-state index contributed by atoms with van der Waals surface area (Å²) in [4.78, 5) is 23.8. The Morgan fingerprint density at radius 3 is 2.05 bits per heavy atom. The van der Waals surface area contributed by atoms with E-state index in [0.29, 0.717) is 11.1 Å². The second-order valence-electron chi connectivity index (χ2n) is 5.40. The van der Waals surface area contributed by atoms with Gasteiger partial charge in [0.15, 0.2) is 0 Å². The second-order valence-corrected chi connectivity index (χ2v) is 5.40. The van der Waals surface area contributed by atoms with E-state index in [9.17, 15) is 9.59 Å². The summed E-state index contributed by atoms with van der Waals surface area (Å²) in [7, 11) is 1.98. The summed E-state index contributed by atoms with van der Waals surface area (Å²) < 4.78 is 6.83. The number of nitrogens with zero attached hydrogens (tertiary/aromatic N) is 1. The Hall–Kier alpha value is -2.10. The quantitative estimate of drug-likeness (QED) is 0.449. The summed E-state index contributed by atoms with van der Waals surface area (Å²) in [6.45, 7) is 9.49. The van der Waals surface area contributed by atoms with E-state index in [4.69, 9.17) is 4.74 Å². The fourth-order valence-corrected chi connectivity index (χ4v) is 2.55.